The quantitative estimate of drug-likeness (QED) is 0.657. The Morgan fingerprint density at radius 1 is 1.48 bits per heavy atom. The number of amides is 1. The molecule has 0 saturated carbocycles. The molecule has 1 aliphatic heterocycles. The zero-order valence-corrected chi connectivity index (χ0v) is 12.4. The van der Waals surface area contributed by atoms with Crippen LogP contribution in [0, 0.1) is 17.0 Å². The first-order valence-corrected chi connectivity index (χ1v) is 7.20. The minimum Gasteiger partial charge on any atom is -0.350 e. The fraction of sp³-hybridized carbons (Fsp3) is 0.533. The minimum absolute atomic E-state index is 0.0480. The molecular weight excluding hydrogens is 270 g/mol. The van der Waals surface area contributed by atoms with Crippen molar-refractivity contribution < 1.29 is 9.72 Å². The van der Waals surface area contributed by atoms with E-state index in [2.05, 4.69) is 10.6 Å². The van der Waals surface area contributed by atoms with Gasteiger partial charge < -0.3 is 10.6 Å². The van der Waals surface area contributed by atoms with Crippen LogP contribution in [0.3, 0.4) is 0 Å². The number of nitro benzene ring substituents is 1. The highest BCUT2D eigenvalue weighted by atomic mass is 16.6. The number of nitrogens with zero attached hydrogens (tertiary/aromatic N) is 1. The van der Waals surface area contributed by atoms with Crippen molar-refractivity contribution in [2.75, 3.05) is 6.54 Å². The summed E-state index contributed by atoms with van der Waals surface area (Å²) in [5.41, 5.74) is 0.928. The van der Waals surface area contributed by atoms with Gasteiger partial charge in [-0.05, 0) is 45.2 Å². The molecule has 2 rings (SSSR count). The fourth-order valence-electron chi connectivity index (χ4n) is 2.68. The lowest BCUT2D eigenvalue weighted by atomic mass is 9.90. The fourth-order valence-corrected chi connectivity index (χ4v) is 2.68. The maximum Gasteiger partial charge on any atom is 0.272 e. The molecule has 1 heterocycles. The van der Waals surface area contributed by atoms with Crippen molar-refractivity contribution in [2.45, 2.75) is 45.2 Å². The van der Waals surface area contributed by atoms with Crippen molar-refractivity contribution in [1.82, 2.24) is 10.6 Å². The second-order valence-electron chi connectivity index (χ2n) is 5.72. The maximum atomic E-state index is 12.3. The topological polar surface area (TPSA) is 84.3 Å². The summed E-state index contributed by atoms with van der Waals surface area (Å²) in [4.78, 5) is 22.8. The van der Waals surface area contributed by atoms with E-state index >= 15 is 0 Å². The van der Waals surface area contributed by atoms with E-state index in [0.29, 0.717) is 12.1 Å². The van der Waals surface area contributed by atoms with E-state index in [-0.39, 0.29) is 11.6 Å². The minimum atomic E-state index is -0.535. The van der Waals surface area contributed by atoms with Crippen molar-refractivity contribution in [2.24, 2.45) is 0 Å². The summed E-state index contributed by atoms with van der Waals surface area (Å²) in [5.74, 6) is -0.0480. The van der Waals surface area contributed by atoms with Gasteiger partial charge in [0, 0.05) is 18.2 Å². The Morgan fingerprint density at radius 3 is 2.86 bits per heavy atom. The van der Waals surface area contributed by atoms with Crippen LogP contribution in [0.15, 0.2) is 18.2 Å². The van der Waals surface area contributed by atoms with E-state index in [1.54, 1.807) is 19.1 Å². The Balaban J connectivity index is 2.04. The maximum absolute atomic E-state index is 12.3. The van der Waals surface area contributed by atoms with E-state index in [4.69, 9.17) is 0 Å². The number of piperidine rings is 1. The average molecular weight is 291 g/mol. The molecular formula is C15H21N3O3. The first kappa shape index (κ1) is 15.4. The molecule has 0 spiro atoms. The number of carbonyl (C=O) groups is 1. The normalized spacial score (nSPS) is 21.8. The molecule has 114 valence electrons. The van der Waals surface area contributed by atoms with Gasteiger partial charge in [0.15, 0.2) is 0 Å². The number of nitrogens with one attached hydrogen (secondary N) is 2. The van der Waals surface area contributed by atoms with Crippen molar-refractivity contribution in [3.8, 4) is 0 Å². The number of carbonyl (C=O) groups excluding carboxylic acids is 1. The van der Waals surface area contributed by atoms with Gasteiger partial charge in [0.25, 0.3) is 5.69 Å². The third-order valence-corrected chi connectivity index (χ3v) is 4.17. The number of benzene rings is 1. The summed E-state index contributed by atoms with van der Waals surface area (Å²) in [6, 6.07) is 4.93. The Kier molecular flexibility index (Phi) is 4.57. The molecule has 1 unspecified atom stereocenters. The Labute approximate surface area is 124 Å². The summed E-state index contributed by atoms with van der Waals surface area (Å²) in [6.07, 6.45) is 2.94. The van der Waals surface area contributed by atoms with E-state index in [9.17, 15) is 14.9 Å². The molecule has 1 saturated heterocycles. The van der Waals surface area contributed by atoms with E-state index in [0.717, 1.165) is 31.4 Å². The predicted octanol–water partition coefficient (Wildman–Crippen LogP) is 2.05. The molecule has 21 heavy (non-hydrogen) atoms. The highest BCUT2D eigenvalue weighted by molar-refractivity contribution is 5.86. The van der Waals surface area contributed by atoms with Gasteiger partial charge in [-0.2, -0.15) is 0 Å². The summed E-state index contributed by atoms with van der Waals surface area (Å²) in [6.45, 7) is 4.77. The van der Waals surface area contributed by atoms with E-state index in [1.807, 2.05) is 6.92 Å². The summed E-state index contributed by atoms with van der Waals surface area (Å²) in [7, 11) is 0. The van der Waals surface area contributed by atoms with Gasteiger partial charge in [-0.1, -0.05) is 12.1 Å². The Hall–Kier alpha value is -1.95. The van der Waals surface area contributed by atoms with Crippen LogP contribution in [0.4, 0.5) is 5.69 Å². The third-order valence-electron chi connectivity index (χ3n) is 4.17. The van der Waals surface area contributed by atoms with Crippen molar-refractivity contribution in [3.05, 3.63) is 39.4 Å². The SMILES string of the molecule is Cc1c(CNC(=O)C2(C)CCCCN2)cccc1[N+](=O)[O-]. The first-order chi connectivity index (χ1) is 9.94. The van der Waals surface area contributed by atoms with Crippen LogP contribution in [0.5, 0.6) is 0 Å². The summed E-state index contributed by atoms with van der Waals surface area (Å²) >= 11 is 0. The number of rotatable bonds is 4. The highest BCUT2D eigenvalue weighted by Crippen LogP contribution is 2.22. The first-order valence-electron chi connectivity index (χ1n) is 7.20. The van der Waals surface area contributed by atoms with Crippen molar-refractivity contribution >= 4 is 11.6 Å². The lowest BCUT2D eigenvalue weighted by Gasteiger charge is -2.33. The molecule has 6 nitrogen and oxygen atoms in total. The van der Waals surface area contributed by atoms with E-state index < -0.39 is 10.5 Å². The average Bonchev–Trinajstić information content (AvgIpc) is 2.46. The van der Waals surface area contributed by atoms with Crippen LogP contribution < -0.4 is 10.6 Å². The molecule has 1 atom stereocenters. The van der Waals surface area contributed by atoms with Gasteiger partial charge in [-0.15, -0.1) is 0 Å². The number of hydrogen-bond donors (Lipinski definition) is 2. The van der Waals surface area contributed by atoms with Gasteiger partial charge in [0.05, 0.1) is 10.5 Å². The Morgan fingerprint density at radius 2 is 2.24 bits per heavy atom. The second-order valence-corrected chi connectivity index (χ2v) is 5.72. The molecule has 1 aromatic carbocycles. The van der Waals surface area contributed by atoms with Crippen LogP contribution in [-0.4, -0.2) is 22.9 Å². The van der Waals surface area contributed by atoms with E-state index in [1.165, 1.54) is 6.07 Å². The number of hydrogen-bond acceptors (Lipinski definition) is 4. The number of nitro groups is 1. The Bertz CT molecular complexity index is 551. The highest BCUT2D eigenvalue weighted by Gasteiger charge is 2.33. The standard InChI is InChI=1S/C15H21N3O3/c1-11-12(6-5-7-13(11)18(20)21)10-16-14(19)15(2)8-3-4-9-17-15/h5-7,17H,3-4,8-10H2,1-2H3,(H,16,19). The molecule has 1 fully saturated rings. The van der Waals surface area contributed by atoms with Crippen LogP contribution in [0.1, 0.15) is 37.3 Å². The van der Waals surface area contributed by atoms with Crippen LogP contribution in [-0.2, 0) is 11.3 Å². The molecule has 0 aliphatic carbocycles. The smallest absolute Gasteiger partial charge is 0.272 e. The van der Waals surface area contributed by atoms with Crippen molar-refractivity contribution in [1.29, 1.82) is 0 Å². The second kappa shape index (κ2) is 6.22. The zero-order valence-electron chi connectivity index (χ0n) is 12.4. The molecule has 0 aromatic heterocycles. The monoisotopic (exact) mass is 291 g/mol. The summed E-state index contributed by atoms with van der Waals surface area (Å²) < 4.78 is 0. The van der Waals surface area contributed by atoms with Crippen LogP contribution >= 0.6 is 0 Å². The molecule has 2 N–H and O–H groups in total. The molecule has 1 aliphatic rings. The van der Waals surface area contributed by atoms with Crippen LogP contribution in [0.25, 0.3) is 0 Å². The predicted molar refractivity (Wildman–Crippen MR) is 79.9 cm³/mol. The third kappa shape index (κ3) is 3.39. The molecule has 1 aromatic rings. The molecule has 6 heteroatoms. The largest absolute Gasteiger partial charge is 0.350 e. The van der Waals surface area contributed by atoms with Crippen molar-refractivity contribution in [3.63, 3.8) is 0 Å². The molecule has 0 bridgehead atoms. The van der Waals surface area contributed by atoms with Gasteiger partial charge in [-0.25, -0.2) is 0 Å². The summed E-state index contributed by atoms with van der Waals surface area (Å²) in [5, 5.41) is 17.1. The van der Waals surface area contributed by atoms with Gasteiger partial charge in [0.2, 0.25) is 5.91 Å². The zero-order chi connectivity index (χ0) is 15.5. The molecule has 1 amide bonds. The molecule has 0 radical (unpaired) electrons. The van der Waals surface area contributed by atoms with Gasteiger partial charge in [-0.3, -0.25) is 14.9 Å². The van der Waals surface area contributed by atoms with Gasteiger partial charge in [0.1, 0.15) is 0 Å². The van der Waals surface area contributed by atoms with Gasteiger partial charge >= 0.3 is 0 Å². The lowest BCUT2D eigenvalue weighted by molar-refractivity contribution is -0.385. The lowest BCUT2D eigenvalue weighted by Crippen LogP contribution is -2.56. The van der Waals surface area contributed by atoms with Crippen LogP contribution in [0.2, 0.25) is 0 Å².